The molecule has 7 heteroatoms. The molecule has 1 aliphatic rings. The Balaban J connectivity index is 1.44. The fourth-order valence-corrected chi connectivity index (χ4v) is 3.37. The number of benzene rings is 1. The van der Waals surface area contributed by atoms with Gasteiger partial charge in [-0.25, -0.2) is 4.98 Å². The molecule has 1 atom stereocenters. The van der Waals surface area contributed by atoms with Crippen LogP contribution in [-0.2, 0) is 19.1 Å². The quantitative estimate of drug-likeness (QED) is 0.745. The number of H-pyrrole nitrogens is 1. The number of nitrogens with one attached hydrogen (secondary N) is 1. The van der Waals surface area contributed by atoms with E-state index in [1.54, 1.807) is 6.20 Å². The summed E-state index contributed by atoms with van der Waals surface area (Å²) in [7, 11) is 2.06. The van der Waals surface area contributed by atoms with E-state index in [0.29, 0.717) is 18.7 Å². The lowest BCUT2D eigenvalue weighted by atomic mass is 10.0. The predicted octanol–water partition coefficient (Wildman–Crippen LogP) is 0.827. The smallest absolute Gasteiger partial charge is 0.124 e. The Morgan fingerprint density at radius 1 is 1.35 bits per heavy atom. The van der Waals surface area contributed by atoms with Crippen molar-refractivity contribution in [3.63, 3.8) is 0 Å². The van der Waals surface area contributed by atoms with Gasteiger partial charge in [-0.3, -0.25) is 4.90 Å². The number of aromatic amines is 1. The molecule has 1 aromatic carbocycles. The van der Waals surface area contributed by atoms with Gasteiger partial charge in [0.1, 0.15) is 17.1 Å². The van der Waals surface area contributed by atoms with Crippen LogP contribution in [0.15, 0.2) is 30.5 Å². The maximum Gasteiger partial charge on any atom is 0.124 e. The summed E-state index contributed by atoms with van der Waals surface area (Å²) in [5, 5.41) is 21.1. The van der Waals surface area contributed by atoms with Gasteiger partial charge in [-0.05, 0) is 18.6 Å². The normalized spacial score (nSPS) is 22.2. The first kappa shape index (κ1) is 14.3. The van der Waals surface area contributed by atoms with Gasteiger partial charge < -0.3 is 9.67 Å². The number of para-hydroxylation sites is 2. The zero-order valence-electron chi connectivity index (χ0n) is 13.1. The third-order valence-electron chi connectivity index (χ3n) is 4.75. The number of aliphatic hydroxyl groups is 1. The lowest BCUT2D eigenvalue weighted by Crippen LogP contribution is -2.32. The number of β-amino-alcohol motifs (C(OH)–C–C–N with tert-alkyl or cyclic N) is 1. The van der Waals surface area contributed by atoms with Gasteiger partial charge in [-0.1, -0.05) is 12.1 Å². The molecule has 2 N–H and O–H groups in total. The zero-order valence-corrected chi connectivity index (χ0v) is 13.1. The average Bonchev–Trinajstić information content (AvgIpc) is 3.27. The van der Waals surface area contributed by atoms with Crippen molar-refractivity contribution < 1.29 is 5.11 Å². The molecule has 0 spiro atoms. The van der Waals surface area contributed by atoms with Crippen molar-refractivity contribution in [2.45, 2.75) is 18.4 Å². The largest absolute Gasteiger partial charge is 0.382 e. The van der Waals surface area contributed by atoms with E-state index < -0.39 is 5.60 Å². The van der Waals surface area contributed by atoms with E-state index in [1.807, 2.05) is 18.2 Å². The molecule has 1 aliphatic heterocycles. The molecule has 0 aliphatic carbocycles. The molecule has 0 amide bonds. The number of hydrogen-bond donors (Lipinski definition) is 2. The molecule has 1 fully saturated rings. The summed E-state index contributed by atoms with van der Waals surface area (Å²) in [6.45, 7) is 2.31. The van der Waals surface area contributed by atoms with Crippen LogP contribution in [0.25, 0.3) is 11.0 Å². The standard InChI is InChI=1S/C16H20N6O/c1-21-13-5-3-2-4-12(13)18-15(21)6-8-22-9-7-16(23,11-22)14-10-17-20-19-14/h2-5,10,23H,6-9,11H2,1H3,(H,17,19,20). The molecule has 120 valence electrons. The number of likely N-dealkylation sites (tertiary alicyclic amines) is 1. The number of aryl methyl sites for hydroxylation is 1. The number of rotatable bonds is 4. The summed E-state index contributed by atoms with van der Waals surface area (Å²) in [5.74, 6) is 1.07. The van der Waals surface area contributed by atoms with Crippen molar-refractivity contribution in [1.29, 1.82) is 0 Å². The number of aromatic nitrogens is 5. The van der Waals surface area contributed by atoms with Crippen LogP contribution < -0.4 is 0 Å². The zero-order chi connectivity index (χ0) is 15.9. The van der Waals surface area contributed by atoms with Crippen LogP contribution in [0.5, 0.6) is 0 Å². The van der Waals surface area contributed by atoms with Gasteiger partial charge in [0, 0.05) is 33.1 Å². The van der Waals surface area contributed by atoms with Crippen molar-refractivity contribution in [3.05, 3.63) is 42.0 Å². The first-order chi connectivity index (χ1) is 11.2. The summed E-state index contributed by atoms with van der Waals surface area (Å²) in [6, 6.07) is 8.17. The highest BCUT2D eigenvalue weighted by atomic mass is 16.3. The van der Waals surface area contributed by atoms with Crippen LogP contribution in [0.3, 0.4) is 0 Å². The Morgan fingerprint density at radius 2 is 2.22 bits per heavy atom. The molecule has 1 unspecified atom stereocenters. The second-order valence-electron chi connectivity index (χ2n) is 6.24. The van der Waals surface area contributed by atoms with Crippen LogP contribution in [0.1, 0.15) is 17.9 Å². The van der Waals surface area contributed by atoms with Crippen LogP contribution in [0.4, 0.5) is 0 Å². The Kier molecular flexibility index (Phi) is 3.39. The van der Waals surface area contributed by atoms with E-state index >= 15 is 0 Å². The number of fused-ring (bicyclic) bond motifs is 1. The molecule has 4 rings (SSSR count). The van der Waals surface area contributed by atoms with Crippen molar-refractivity contribution in [2.75, 3.05) is 19.6 Å². The number of nitrogens with zero attached hydrogens (tertiary/aromatic N) is 5. The van der Waals surface area contributed by atoms with Crippen molar-refractivity contribution >= 4 is 11.0 Å². The summed E-state index contributed by atoms with van der Waals surface area (Å²) in [4.78, 5) is 6.96. The van der Waals surface area contributed by atoms with E-state index in [0.717, 1.165) is 36.4 Å². The summed E-state index contributed by atoms with van der Waals surface area (Å²) in [6.07, 6.45) is 3.15. The monoisotopic (exact) mass is 312 g/mol. The molecule has 2 aromatic heterocycles. The molecule has 0 bridgehead atoms. The fourth-order valence-electron chi connectivity index (χ4n) is 3.37. The SMILES string of the molecule is Cn1c(CCN2CCC(O)(c3cn[nH]n3)C2)nc2ccccc21. The molecule has 3 aromatic rings. The lowest BCUT2D eigenvalue weighted by Gasteiger charge is -2.20. The molecule has 3 heterocycles. The van der Waals surface area contributed by atoms with Crippen LogP contribution in [-0.4, -0.2) is 54.6 Å². The van der Waals surface area contributed by atoms with Crippen molar-refractivity contribution in [3.8, 4) is 0 Å². The second-order valence-corrected chi connectivity index (χ2v) is 6.24. The predicted molar refractivity (Wildman–Crippen MR) is 85.8 cm³/mol. The maximum atomic E-state index is 10.7. The van der Waals surface area contributed by atoms with Crippen LogP contribution >= 0.6 is 0 Å². The second kappa shape index (κ2) is 5.43. The van der Waals surface area contributed by atoms with Crippen LogP contribution in [0, 0.1) is 0 Å². The third-order valence-corrected chi connectivity index (χ3v) is 4.75. The maximum absolute atomic E-state index is 10.7. The summed E-state index contributed by atoms with van der Waals surface area (Å²) >= 11 is 0. The van der Waals surface area contributed by atoms with Gasteiger partial charge in [-0.2, -0.15) is 15.4 Å². The Labute approximate surface area is 133 Å². The highest BCUT2D eigenvalue weighted by Gasteiger charge is 2.39. The van der Waals surface area contributed by atoms with Gasteiger partial charge in [0.2, 0.25) is 0 Å². The van der Waals surface area contributed by atoms with E-state index in [4.69, 9.17) is 4.98 Å². The van der Waals surface area contributed by atoms with Gasteiger partial charge in [0.05, 0.1) is 17.2 Å². The first-order valence-corrected chi connectivity index (χ1v) is 7.87. The molecule has 23 heavy (non-hydrogen) atoms. The highest BCUT2D eigenvalue weighted by molar-refractivity contribution is 5.75. The van der Waals surface area contributed by atoms with Gasteiger partial charge in [0.25, 0.3) is 0 Å². The molecule has 0 radical (unpaired) electrons. The molecular formula is C16H20N6O. The van der Waals surface area contributed by atoms with E-state index in [1.165, 1.54) is 0 Å². The van der Waals surface area contributed by atoms with Gasteiger partial charge >= 0.3 is 0 Å². The van der Waals surface area contributed by atoms with E-state index in [2.05, 4.69) is 38.0 Å². The minimum atomic E-state index is -0.890. The Morgan fingerprint density at radius 3 is 3.00 bits per heavy atom. The molecule has 7 nitrogen and oxygen atoms in total. The van der Waals surface area contributed by atoms with Gasteiger partial charge in [0.15, 0.2) is 0 Å². The highest BCUT2D eigenvalue weighted by Crippen LogP contribution is 2.30. The number of hydrogen-bond acceptors (Lipinski definition) is 5. The number of imidazole rings is 1. The minimum Gasteiger partial charge on any atom is -0.382 e. The van der Waals surface area contributed by atoms with Crippen molar-refractivity contribution in [1.82, 2.24) is 29.9 Å². The fraction of sp³-hybridized carbons (Fsp3) is 0.438. The summed E-state index contributed by atoms with van der Waals surface area (Å²) < 4.78 is 2.15. The molecular weight excluding hydrogens is 292 g/mol. The van der Waals surface area contributed by atoms with Gasteiger partial charge in [-0.15, -0.1) is 0 Å². The Bertz CT molecular complexity index is 811. The van der Waals surface area contributed by atoms with E-state index in [-0.39, 0.29) is 0 Å². The minimum absolute atomic E-state index is 0.587. The molecule has 0 saturated carbocycles. The van der Waals surface area contributed by atoms with Crippen LogP contribution in [0.2, 0.25) is 0 Å². The first-order valence-electron chi connectivity index (χ1n) is 7.87. The van der Waals surface area contributed by atoms with E-state index in [9.17, 15) is 5.11 Å². The lowest BCUT2D eigenvalue weighted by molar-refractivity contribution is 0.0418. The third kappa shape index (κ3) is 2.51. The molecule has 1 saturated heterocycles. The van der Waals surface area contributed by atoms with Crippen molar-refractivity contribution in [2.24, 2.45) is 7.05 Å². The Hall–Kier alpha value is -2.25. The summed E-state index contributed by atoms with van der Waals surface area (Å²) in [5.41, 5.74) is 1.93. The average molecular weight is 312 g/mol. The topological polar surface area (TPSA) is 82.9 Å².